The van der Waals surface area contributed by atoms with E-state index in [4.69, 9.17) is 15.7 Å². The molecular weight excluding hydrogens is 176 g/mol. The van der Waals surface area contributed by atoms with Crippen LogP contribution in [-0.2, 0) is 0 Å². The van der Waals surface area contributed by atoms with Crippen LogP contribution in [-0.4, -0.2) is 12.6 Å². The van der Waals surface area contributed by atoms with E-state index in [1.165, 1.54) is 0 Å². The second-order valence-electron chi connectivity index (χ2n) is 3.25. The minimum Gasteiger partial charge on any atom is -0.492 e. The summed E-state index contributed by atoms with van der Waals surface area (Å²) < 4.78 is 5.43. The average Bonchev–Trinajstić information content (AvgIpc) is 2.15. The van der Waals surface area contributed by atoms with Crippen LogP contribution in [0.25, 0.3) is 0 Å². The highest BCUT2D eigenvalue weighted by Crippen LogP contribution is 2.12. The van der Waals surface area contributed by atoms with Gasteiger partial charge in [-0.2, -0.15) is 5.26 Å². The Hall–Kier alpha value is -1.53. The van der Waals surface area contributed by atoms with Crippen molar-refractivity contribution in [1.82, 2.24) is 0 Å². The van der Waals surface area contributed by atoms with Gasteiger partial charge in [0.05, 0.1) is 18.5 Å². The number of nitriles is 1. The summed E-state index contributed by atoms with van der Waals surface area (Å²) in [6.45, 7) is 2.39. The zero-order valence-corrected chi connectivity index (χ0v) is 8.23. The average molecular weight is 190 g/mol. The molecule has 1 unspecified atom stereocenters. The first-order valence-electron chi connectivity index (χ1n) is 4.54. The predicted molar refractivity (Wildman–Crippen MR) is 54.9 cm³/mol. The maximum atomic E-state index is 8.39. The highest BCUT2D eigenvalue weighted by molar-refractivity contribution is 5.27. The van der Waals surface area contributed by atoms with Crippen LogP contribution in [0.3, 0.4) is 0 Å². The normalized spacial score (nSPS) is 11.8. The van der Waals surface area contributed by atoms with Gasteiger partial charge in [-0.1, -0.05) is 12.1 Å². The van der Waals surface area contributed by atoms with Crippen molar-refractivity contribution in [3.8, 4) is 11.8 Å². The standard InChI is InChI=1S/C11H14N2O/c1-9-3-2-4-11(7-9)14-8-10(13)5-6-12/h2-4,7,10H,5,8,13H2,1H3. The third-order valence-electron chi connectivity index (χ3n) is 1.81. The summed E-state index contributed by atoms with van der Waals surface area (Å²) in [6, 6.07) is 9.56. The summed E-state index contributed by atoms with van der Waals surface area (Å²) in [5.41, 5.74) is 6.77. The molecule has 0 fully saturated rings. The quantitative estimate of drug-likeness (QED) is 0.784. The van der Waals surface area contributed by atoms with Crippen molar-refractivity contribution in [2.45, 2.75) is 19.4 Å². The van der Waals surface area contributed by atoms with Gasteiger partial charge in [0.1, 0.15) is 12.4 Å². The molecule has 1 aromatic rings. The fraction of sp³-hybridized carbons (Fsp3) is 0.364. The van der Waals surface area contributed by atoms with Crippen molar-refractivity contribution in [1.29, 1.82) is 5.26 Å². The molecule has 1 rings (SSSR count). The lowest BCUT2D eigenvalue weighted by Gasteiger charge is -2.10. The van der Waals surface area contributed by atoms with Crippen molar-refractivity contribution in [3.63, 3.8) is 0 Å². The first-order chi connectivity index (χ1) is 6.72. The van der Waals surface area contributed by atoms with E-state index >= 15 is 0 Å². The number of nitrogens with zero attached hydrogens (tertiary/aromatic N) is 1. The molecule has 0 saturated carbocycles. The fourth-order valence-electron chi connectivity index (χ4n) is 1.08. The van der Waals surface area contributed by atoms with Gasteiger partial charge in [-0.05, 0) is 24.6 Å². The summed E-state index contributed by atoms with van der Waals surface area (Å²) in [4.78, 5) is 0. The number of aryl methyl sites for hydroxylation is 1. The first-order valence-corrected chi connectivity index (χ1v) is 4.54. The first kappa shape index (κ1) is 10.6. The van der Waals surface area contributed by atoms with Crippen LogP contribution in [0.5, 0.6) is 5.75 Å². The van der Waals surface area contributed by atoms with Gasteiger partial charge in [-0.25, -0.2) is 0 Å². The molecule has 74 valence electrons. The second-order valence-corrected chi connectivity index (χ2v) is 3.25. The van der Waals surface area contributed by atoms with Crippen LogP contribution in [0.1, 0.15) is 12.0 Å². The molecule has 3 heteroatoms. The Morgan fingerprint density at radius 1 is 1.57 bits per heavy atom. The Bertz CT molecular complexity index is 330. The molecule has 0 bridgehead atoms. The Morgan fingerprint density at radius 3 is 3.00 bits per heavy atom. The second kappa shape index (κ2) is 5.25. The zero-order valence-electron chi connectivity index (χ0n) is 8.23. The van der Waals surface area contributed by atoms with Crippen LogP contribution < -0.4 is 10.5 Å². The fourth-order valence-corrected chi connectivity index (χ4v) is 1.08. The van der Waals surface area contributed by atoms with E-state index in [1.807, 2.05) is 37.3 Å². The summed E-state index contributed by atoms with van der Waals surface area (Å²) in [6.07, 6.45) is 0.325. The van der Waals surface area contributed by atoms with Gasteiger partial charge < -0.3 is 10.5 Å². The van der Waals surface area contributed by atoms with Gasteiger partial charge in [0.15, 0.2) is 0 Å². The highest BCUT2D eigenvalue weighted by Gasteiger charge is 2.02. The van der Waals surface area contributed by atoms with Gasteiger partial charge in [-0.3, -0.25) is 0 Å². The lowest BCUT2D eigenvalue weighted by molar-refractivity contribution is 0.289. The number of hydrogen-bond acceptors (Lipinski definition) is 3. The number of nitrogens with two attached hydrogens (primary N) is 1. The van der Waals surface area contributed by atoms with E-state index in [9.17, 15) is 0 Å². The largest absolute Gasteiger partial charge is 0.492 e. The van der Waals surface area contributed by atoms with E-state index in [1.54, 1.807) is 0 Å². The van der Waals surface area contributed by atoms with Gasteiger partial charge in [0, 0.05) is 0 Å². The van der Waals surface area contributed by atoms with Gasteiger partial charge in [0.25, 0.3) is 0 Å². The zero-order chi connectivity index (χ0) is 10.4. The van der Waals surface area contributed by atoms with Crippen molar-refractivity contribution in [3.05, 3.63) is 29.8 Å². The van der Waals surface area contributed by atoms with Crippen LogP contribution in [0.4, 0.5) is 0 Å². The summed E-state index contributed by atoms with van der Waals surface area (Å²) in [7, 11) is 0. The smallest absolute Gasteiger partial charge is 0.119 e. The monoisotopic (exact) mass is 190 g/mol. The maximum absolute atomic E-state index is 8.39. The van der Waals surface area contributed by atoms with Crippen LogP contribution in [0.15, 0.2) is 24.3 Å². The van der Waals surface area contributed by atoms with Crippen molar-refractivity contribution >= 4 is 0 Å². The summed E-state index contributed by atoms with van der Waals surface area (Å²) in [5, 5.41) is 8.39. The summed E-state index contributed by atoms with van der Waals surface area (Å²) >= 11 is 0. The van der Waals surface area contributed by atoms with Gasteiger partial charge >= 0.3 is 0 Å². The van der Waals surface area contributed by atoms with Gasteiger partial charge in [0.2, 0.25) is 0 Å². The van der Waals surface area contributed by atoms with E-state index in [0.29, 0.717) is 13.0 Å². The number of ether oxygens (including phenoxy) is 1. The molecular formula is C11H14N2O. The van der Waals surface area contributed by atoms with Crippen LogP contribution in [0, 0.1) is 18.3 Å². The van der Waals surface area contributed by atoms with Crippen molar-refractivity contribution in [2.24, 2.45) is 5.73 Å². The Morgan fingerprint density at radius 2 is 2.36 bits per heavy atom. The molecule has 0 spiro atoms. The molecule has 0 aliphatic rings. The molecule has 1 aromatic carbocycles. The lowest BCUT2D eigenvalue weighted by Crippen LogP contribution is -2.27. The van der Waals surface area contributed by atoms with E-state index < -0.39 is 0 Å². The van der Waals surface area contributed by atoms with Crippen molar-refractivity contribution in [2.75, 3.05) is 6.61 Å². The SMILES string of the molecule is Cc1cccc(OCC(N)CC#N)c1. The van der Waals surface area contributed by atoms with Crippen molar-refractivity contribution < 1.29 is 4.74 Å². The van der Waals surface area contributed by atoms with Gasteiger partial charge in [-0.15, -0.1) is 0 Å². The molecule has 0 aromatic heterocycles. The van der Waals surface area contributed by atoms with Crippen LogP contribution >= 0.6 is 0 Å². The Labute approximate surface area is 84.1 Å². The van der Waals surface area contributed by atoms with E-state index in [0.717, 1.165) is 11.3 Å². The topological polar surface area (TPSA) is 59.0 Å². The molecule has 3 nitrogen and oxygen atoms in total. The van der Waals surface area contributed by atoms with E-state index in [-0.39, 0.29) is 6.04 Å². The lowest BCUT2D eigenvalue weighted by atomic mass is 10.2. The number of hydrogen-bond donors (Lipinski definition) is 1. The predicted octanol–water partition coefficient (Wildman–Crippen LogP) is 1.61. The third-order valence-corrected chi connectivity index (χ3v) is 1.81. The Balaban J connectivity index is 2.42. The Kier molecular flexibility index (Phi) is 3.96. The molecule has 0 radical (unpaired) electrons. The van der Waals surface area contributed by atoms with E-state index in [2.05, 4.69) is 0 Å². The molecule has 0 heterocycles. The number of benzene rings is 1. The molecule has 0 saturated heterocycles. The molecule has 1 atom stereocenters. The third kappa shape index (κ3) is 3.46. The minimum atomic E-state index is -0.208. The highest BCUT2D eigenvalue weighted by atomic mass is 16.5. The molecule has 2 N–H and O–H groups in total. The molecule has 0 amide bonds. The van der Waals surface area contributed by atoms with Crippen LogP contribution in [0.2, 0.25) is 0 Å². The maximum Gasteiger partial charge on any atom is 0.119 e. The summed E-state index contributed by atoms with van der Waals surface area (Å²) in [5.74, 6) is 0.804. The minimum absolute atomic E-state index is 0.208. The molecule has 14 heavy (non-hydrogen) atoms. The molecule has 0 aliphatic heterocycles. The number of rotatable bonds is 4. The molecule has 0 aliphatic carbocycles.